The third kappa shape index (κ3) is 2.31. The average molecular weight is 277 g/mol. The quantitative estimate of drug-likeness (QED) is 0.675. The van der Waals surface area contributed by atoms with Crippen LogP contribution in [0.3, 0.4) is 0 Å². The monoisotopic (exact) mass is 277 g/mol. The van der Waals surface area contributed by atoms with Gasteiger partial charge in [-0.05, 0) is 31.4 Å². The van der Waals surface area contributed by atoms with Crippen LogP contribution in [0.25, 0.3) is 0 Å². The average Bonchev–Trinajstić information content (AvgIpc) is 2.77. The minimum Gasteiger partial charge on any atom is -0.490 e. The molecule has 2 fully saturated rings. The van der Waals surface area contributed by atoms with Gasteiger partial charge < -0.3 is 15.0 Å². The molecule has 2 atom stereocenters. The first-order valence-corrected chi connectivity index (χ1v) is 7.01. The number of nitro benzene ring substituents is 1. The van der Waals surface area contributed by atoms with E-state index in [1.165, 1.54) is 13.5 Å². The molecule has 1 N–H and O–H groups in total. The van der Waals surface area contributed by atoms with E-state index in [1.54, 1.807) is 6.07 Å². The van der Waals surface area contributed by atoms with Crippen LogP contribution in [0.5, 0.6) is 5.75 Å². The summed E-state index contributed by atoms with van der Waals surface area (Å²) in [5.41, 5.74) is 0.747. The summed E-state index contributed by atoms with van der Waals surface area (Å²) in [7, 11) is 1.47. The molecule has 0 spiro atoms. The molecular weight excluding hydrogens is 258 g/mol. The Morgan fingerprint density at radius 3 is 2.90 bits per heavy atom. The van der Waals surface area contributed by atoms with Crippen molar-refractivity contribution in [2.45, 2.75) is 31.3 Å². The van der Waals surface area contributed by atoms with E-state index in [4.69, 9.17) is 4.74 Å². The zero-order valence-electron chi connectivity index (χ0n) is 11.5. The molecule has 1 aromatic carbocycles. The maximum atomic E-state index is 11.4. The van der Waals surface area contributed by atoms with Crippen LogP contribution in [-0.4, -0.2) is 37.2 Å². The second-order valence-electron chi connectivity index (χ2n) is 5.46. The number of ether oxygens (including phenoxy) is 1. The van der Waals surface area contributed by atoms with Crippen molar-refractivity contribution < 1.29 is 9.66 Å². The van der Waals surface area contributed by atoms with Gasteiger partial charge in [0.05, 0.1) is 12.0 Å². The second-order valence-corrected chi connectivity index (χ2v) is 5.46. The predicted octanol–water partition coefficient (Wildman–Crippen LogP) is 1.93. The molecule has 2 aliphatic heterocycles. The van der Waals surface area contributed by atoms with E-state index >= 15 is 0 Å². The number of benzene rings is 1. The van der Waals surface area contributed by atoms with Crippen molar-refractivity contribution in [1.82, 2.24) is 5.32 Å². The lowest BCUT2D eigenvalue weighted by Crippen LogP contribution is -2.35. The topological polar surface area (TPSA) is 67.6 Å². The SMILES string of the molecule is COc1cccc(N2CCC3CCC(C2)N3)c1[N+](=O)[O-]. The summed E-state index contributed by atoms with van der Waals surface area (Å²) < 4.78 is 5.15. The lowest BCUT2D eigenvalue weighted by atomic mass is 10.1. The minimum atomic E-state index is -0.343. The molecule has 6 heteroatoms. The Labute approximate surface area is 117 Å². The van der Waals surface area contributed by atoms with Crippen LogP contribution in [0.15, 0.2) is 18.2 Å². The van der Waals surface area contributed by atoms with Gasteiger partial charge in [-0.1, -0.05) is 6.07 Å². The van der Waals surface area contributed by atoms with Crippen LogP contribution in [0.2, 0.25) is 0 Å². The first-order valence-electron chi connectivity index (χ1n) is 7.01. The van der Waals surface area contributed by atoms with E-state index < -0.39 is 0 Å². The van der Waals surface area contributed by atoms with Crippen molar-refractivity contribution >= 4 is 11.4 Å². The number of nitrogens with one attached hydrogen (secondary N) is 1. The molecule has 2 bridgehead atoms. The van der Waals surface area contributed by atoms with Gasteiger partial charge in [0.2, 0.25) is 0 Å². The number of rotatable bonds is 3. The molecular formula is C14H19N3O3. The fraction of sp³-hybridized carbons (Fsp3) is 0.571. The fourth-order valence-corrected chi connectivity index (χ4v) is 3.28. The zero-order valence-corrected chi connectivity index (χ0v) is 11.5. The van der Waals surface area contributed by atoms with Crippen molar-refractivity contribution in [2.75, 3.05) is 25.1 Å². The van der Waals surface area contributed by atoms with Gasteiger partial charge in [-0.3, -0.25) is 10.1 Å². The van der Waals surface area contributed by atoms with Gasteiger partial charge in [0.25, 0.3) is 0 Å². The Balaban J connectivity index is 1.95. The minimum absolute atomic E-state index is 0.0766. The molecule has 2 saturated heterocycles. The summed E-state index contributed by atoms with van der Waals surface area (Å²) in [5, 5.41) is 15.0. The Bertz CT molecular complexity index is 520. The van der Waals surface area contributed by atoms with Crippen LogP contribution in [0.4, 0.5) is 11.4 Å². The predicted molar refractivity (Wildman–Crippen MR) is 76.4 cm³/mol. The highest BCUT2D eigenvalue weighted by Gasteiger charge is 2.32. The molecule has 2 aliphatic rings. The number of para-hydroxylation sites is 1. The largest absolute Gasteiger partial charge is 0.490 e. The van der Waals surface area contributed by atoms with Crippen molar-refractivity contribution in [1.29, 1.82) is 0 Å². The summed E-state index contributed by atoms with van der Waals surface area (Å²) in [6.07, 6.45) is 3.41. The van der Waals surface area contributed by atoms with Crippen molar-refractivity contribution in [3.63, 3.8) is 0 Å². The van der Waals surface area contributed by atoms with Crippen molar-refractivity contribution in [2.24, 2.45) is 0 Å². The first kappa shape index (κ1) is 13.2. The van der Waals surface area contributed by atoms with Crippen LogP contribution < -0.4 is 15.0 Å². The van der Waals surface area contributed by atoms with Gasteiger partial charge in [-0.15, -0.1) is 0 Å². The molecule has 3 rings (SSSR count). The standard InChI is InChI=1S/C14H19N3O3/c1-20-13-4-2-3-12(14(13)17(18)19)16-8-7-10-5-6-11(9-16)15-10/h2-4,10-11,15H,5-9H2,1H3. The van der Waals surface area contributed by atoms with Gasteiger partial charge >= 0.3 is 5.69 Å². The van der Waals surface area contributed by atoms with Gasteiger partial charge in [-0.2, -0.15) is 0 Å². The van der Waals surface area contributed by atoms with Gasteiger partial charge in [0, 0.05) is 25.2 Å². The highest BCUT2D eigenvalue weighted by molar-refractivity contribution is 5.70. The lowest BCUT2D eigenvalue weighted by molar-refractivity contribution is -0.385. The molecule has 0 aliphatic carbocycles. The van der Waals surface area contributed by atoms with E-state index in [1.807, 2.05) is 12.1 Å². The van der Waals surface area contributed by atoms with Crippen LogP contribution in [-0.2, 0) is 0 Å². The number of hydrogen-bond acceptors (Lipinski definition) is 5. The Morgan fingerprint density at radius 2 is 2.15 bits per heavy atom. The molecule has 2 unspecified atom stereocenters. The normalized spacial score (nSPS) is 25.4. The molecule has 0 amide bonds. The highest BCUT2D eigenvalue weighted by atomic mass is 16.6. The molecule has 6 nitrogen and oxygen atoms in total. The van der Waals surface area contributed by atoms with Crippen LogP contribution in [0, 0.1) is 10.1 Å². The van der Waals surface area contributed by atoms with Gasteiger partial charge in [0.15, 0.2) is 5.75 Å². The third-order valence-electron chi connectivity index (χ3n) is 4.24. The number of nitrogens with zero attached hydrogens (tertiary/aromatic N) is 2. The fourth-order valence-electron chi connectivity index (χ4n) is 3.28. The molecule has 0 radical (unpaired) electrons. The van der Waals surface area contributed by atoms with Crippen LogP contribution in [0.1, 0.15) is 19.3 Å². The van der Waals surface area contributed by atoms with E-state index in [9.17, 15) is 10.1 Å². The van der Waals surface area contributed by atoms with E-state index in [0.717, 1.165) is 25.9 Å². The maximum absolute atomic E-state index is 11.4. The summed E-state index contributed by atoms with van der Waals surface area (Å²) in [6, 6.07) is 6.28. The van der Waals surface area contributed by atoms with Gasteiger partial charge in [-0.25, -0.2) is 0 Å². The van der Waals surface area contributed by atoms with Crippen molar-refractivity contribution in [3.05, 3.63) is 28.3 Å². The number of methoxy groups -OCH3 is 1. The summed E-state index contributed by atoms with van der Waals surface area (Å²) >= 11 is 0. The number of fused-ring (bicyclic) bond motifs is 2. The Morgan fingerprint density at radius 1 is 1.35 bits per heavy atom. The summed E-state index contributed by atoms with van der Waals surface area (Å²) in [6.45, 7) is 1.67. The molecule has 108 valence electrons. The summed E-state index contributed by atoms with van der Waals surface area (Å²) in [4.78, 5) is 13.2. The van der Waals surface area contributed by atoms with E-state index in [0.29, 0.717) is 23.5 Å². The molecule has 1 aromatic rings. The van der Waals surface area contributed by atoms with Crippen LogP contribution >= 0.6 is 0 Å². The Hall–Kier alpha value is -1.82. The van der Waals surface area contributed by atoms with E-state index in [2.05, 4.69) is 10.2 Å². The molecule has 0 aromatic heterocycles. The molecule has 0 saturated carbocycles. The lowest BCUT2D eigenvalue weighted by Gasteiger charge is -2.26. The third-order valence-corrected chi connectivity index (χ3v) is 4.24. The Kier molecular flexibility index (Phi) is 3.48. The maximum Gasteiger partial charge on any atom is 0.333 e. The number of hydrogen-bond donors (Lipinski definition) is 1. The highest BCUT2D eigenvalue weighted by Crippen LogP contribution is 2.38. The number of nitro groups is 1. The molecule has 2 heterocycles. The second kappa shape index (κ2) is 5.28. The zero-order chi connectivity index (χ0) is 14.1. The van der Waals surface area contributed by atoms with Crippen molar-refractivity contribution in [3.8, 4) is 5.75 Å². The smallest absolute Gasteiger partial charge is 0.333 e. The number of anilines is 1. The molecule has 20 heavy (non-hydrogen) atoms. The van der Waals surface area contributed by atoms with Gasteiger partial charge in [0.1, 0.15) is 5.69 Å². The summed E-state index contributed by atoms with van der Waals surface area (Å²) in [5.74, 6) is 0.329. The first-order chi connectivity index (χ1) is 9.69. The van der Waals surface area contributed by atoms with E-state index in [-0.39, 0.29) is 10.6 Å².